The van der Waals surface area contributed by atoms with Crippen LogP contribution < -0.4 is 10.6 Å². The highest BCUT2D eigenvalue weighted by molar-refractivity contribution is 9.25. The summed E-state index contributed by atoms with van der Waals surface area (Å²) in [4.78, 5) is 33.9. The van der Waals surface area contributed by atoms with E-state index in [1.54, 1.807) is 0 Å². The Labute approximate surface area is 320 Å². The summed E-state index contributed by atoms with van der Waals surface area (Å²) in [7, 11) is 0. The first-order valence-corrected chi connectivity index (χ1v) is 20.1. The lowest BCUT2D eigenvalue weighted by Gasteiger charge is -2.34. The number of nitrogens with one attached hydrogen (secondary N) is 2. The topological polar surface area (TPSA) is 75.3 Å². The first-order chi connectivity index (χ1) is 23.0. The first-order valence-electron chi connectivity index (χ1n) is 17.6. The minimum atomic E-state index is -0.404. The van der Waals surface area contributed by atoms with Gasteiger partial charge in [0, 0.05) is 37.1 Å². The zero-order chi connectivity index (χ0) is 36.2. The van der Waals surface area contributed by atoms with Crippen molar-refractivity contribution in [3.8, 4) is 0 Å². The molecule has 0 bridgehead atoms. The van der Waals surface area contributed by atoms with E-state index in [1.807, 2.05) is 12.2 Å². The Bertz CT molecular complexity index is 1350. The van der Waals surface area contributed by atoms with Gasteiger partial charge in [-0.3, -0.25) is 25.0 Å². The van der Waals surface area contributed by atoms with Gasteiger partial charge in [0.15, 0.2) is 5.78 Å². The Hall–Kier alpha value is -1.71. The van der Waals surface area contributed by atoms with E-state index in [0.717, 1.165) is 62.8 Å². The average Bonchev–Trinajstić information content (AvgIpc) is 3.55. The molecule has 4 aliphatic rings. The molecule has 0 radical (unpaired) electrons. The quantitative estimate of drug-likeness (QED) is 0.294. The molecule has 1 aliphatic heterocycles. The summed E-state index contributed by atoms with van der Waals surface area (Å²) in [5.41, 5.74) is 4.11. The molecular weight excluding hydrogens is 808 g/mol. The summed E-state index contributed by atoms with van der Waals surface area (Å²) in [6.45, 7) is 13.3. The number of alkyl halides is 3. The van der Waals surface area contributed by atoms with Crippen LogP contribution in [0.2, 0.25) is 0 Å². The molecule has 6 rings (SSSR count). The number of rotatable bonds is 2. The van der Waals surface area contributed by atoms with Crippen molar-refractivity contribution in [2.75, 3.05) is 6.67 Å². The van der Waals surface area contributed by atoms with E-state index < -0.39 is 3.23 Å². The highest BCUT2D eigenvalue weighted by atomic mass is 79.9. The number of halogens is 3. The Morgan fingerprint density at radius 2 is 1.06 bits per heavy atom. The number of allylic oxidation sites excluding steroid dienone is 4. The van der Waals surface area contributed by atoms with Crippen molar-refractivity contribution in [2.24, 2.45) is 10.8 Å². The second-order valence-corrected chi connectivity index (χ2v) is 20.1. The minimum Gasteiger partial charge on any atom is -0.300 e. The van der Waals surface area contributed by atoms with E-state index >= 15 is 0 Å². The van der Waals surface area contributed by atoms with Gasteiger partial charge in [-0.05, 0) is 59.8 Å². The van der Waals surface area contributed by atoms with Crippen LogP contribution in [-0.2, 0) is 14.4 Å². The number of carbonyl (C=O) groups excluding carboxylic acids is 3. The molecule has 49 heavy (non-hydrogen) atoms. The molecule has 0 amide bonds. The van der Waals surface area contributed by atoms with E-state index in [1.165, 1.54) is 24.0 Å². The van der Waals surface area contributed by atoms with Gasteiger partial charge < -0.3 is 0 Å². The molecule has 0 spiro atoms. The van der Waals surface area contributed by atoms with Crippen LogP contribution in [0.1, 0.15) is 123 Å². The van der Waals surface area contributed by atoms with Crippen molar-refractivity contribution < 1.29 is 14.4 Å². The van der Waals surface area contributed by atoms with Gasteiger partial charge >= 0.3 is 0 Å². The van der Waals surface area contributed by atoms with Gasteiger partial charge in [-0.25, -0.2) is 0 Å². The molecule has 1 heterocycles. The van der Waals surface area contributed by atoms with Crippen LogP contribution in [0.15, 0.2) is 84.0 Å². The summed E-state index contributed by atoms with van der Waals surface area (Å²) in [6, 6.07) is 21.9. The predicted molar refractivity (Wildman–Crippen MR) is 214 cm³/mol. The summed E-state index contributed by atoms with van der Waals surface area (Å²) < 4.78 is -0.404. The number of carbonyl (C=O) groups is 3. The number of hydrogen-bond acceptors (Lipinski definition) is 5. The summed E-state index contributed by atoms with van der Waals surface area (Å²) >= 11 is 10.5. The van der Waals surface area contributed by atoms with Gasteiger partial charge in [-0.15, -0.1) is 0 Å². The molecule has 3 aliphatic carbocycles. The monoisotopic (exact) mass is 860 g/mol. The van der Waals surface area contributed by atoms with Crippen LogP contribution in [0.25, 0.3) is 0 Å². The molecule has 3 atom stereocenters. The molecule has 268 valence electrons. The summed E-state index contributed by atoms with van der Waals surface area (Å²) in [5.74, 6) is 1.02. The maximum Gasteiger partial charge on any atom is 0.185 e. The Balaban J connectivity index is 0.000000190. The van der Waals surface area contributed by atoms with Crippen LogP contribution in [-0.4, -0.2) is 32.1 Å². The molecule has 1 saturated heterocycles. The highest BCUT2D eigenvalue weighted by Gasteiger charge is 2.38. The van der Waals surface area contributed by atoms with Gasteiger partial charge in [0.05, 0.1) is 16.9 Å². The third-order valence-electron chi connectivity index (χ3n) is 8.96. The van der Waals surface area contributed by atoms with Gasteiger partial charge in [0.25, 0.3) is 0 Å². The summed E-state index contributed by atoms with van der Waals surface area (Å²) in [5, 5.41) is 7.02. The molecule has 2 aromatic carbocycles. The number of hydrogen-bond donors (Lipinski definition) is 2. The Morgan fingerprint density at radius 3 is 1.39 bits per heavy atom. The predicted octanol–water partition coefficient (Wildman–Crippen LogP) is 11.0. The van der Waals surface area contributed by atoms with Crippen LogP contribution in [0.4, 0.5) is 0 Å². The van der Waals surface area contributed by atoms with Crippen LogP contribution in [0.3, 0.4) is 0 Å². The van der Waals surface area contributed by atoms with Crippen molar-refractivity contribution in [2.45, 2.75) is 119 Å². The van der Waals surface area contributed by atoms with Gasteiger partial charge in [0.2, 0.25) is 0 Å². The summed E-state index contributed by atoms with van der Waals surface area (Å²) in [6.07, 6.45) is 13.3. The molecular formula is C41H55Br3N2O3. The standard InChI is InChI=1S/C15H16N2.C14H20Br2O.C6H9BrO.C6H10O/c1-3-7-12(8-4-1)14-15(17-11-16-14)13-9-5-2-6-10-13;1-12(2,3)9-7-14(15,16)8-10(11(9)17)13(4,5)6;7-5-3-1-2-4-6(5)8;7-6-4-2-1-3-5-6/h1-10,14-17H,11H2;7-8H,1-6H3;5H,1-4H2;1-5H2/t14-,15-;;;/m1.../s1. The Morgan fingerprint density at radius 1 is 0.633 bits per heavy atom. The second-order valence-electron chi connectivity index (χ2n) is 15.3. The highest BCUT2D eigenvalue weighted by Crippen LogP contribution is 2.45. The second kappa shape index (κ2) is 19.2. The van der Waals surface area contributed by atoms with Gasteiger partial charge in [-0.2, -0.15) is 0 Å². The molecule has 3 fully saturated rings. The molecule has 2 N–H and O–H groups in total. The maximum atomic E-state index is 12.5. The smallest absolute Gasteiger partial charge is 0.185 e. The molecule has 0 aromatic heterocycles. The van der Waals surface area contributed by atoms with E-state index in [-0.39, 0.29) is 21.4 Å². The third-order valence-corrected chi connectivity index (χ3v) is 10.8. The lowest BCUT2D eigenvalue weighted by Crippen LogP contribution is -2.31. The van der Waals surface area contributed by atoms with Crippen LogP contribution >= 0.6 is 47.8 Å². The third kappa shape index (κ3) is 13.7. The fourth-order valence-electron chi connectivity index (χ4n) is 6.16. The van der Waals surface area contributed by atoms with Crippen LogP contribution in [0, 0.1) is 10.8 Å². The fourth-order valence-corrected chi connectivity index (χ4v) is 7.63. The number of benzene rings is 2. The van der Waals surface area contributed by atoms with Crippen molar-refractivity contribution >= 4 is 65.1 Å². The lowest BCUT2D eigenvalue weighted by molar-refractivity contribution is -0.120. The van der Waals surface area contributed by atoms with Gasteiger partial charge in [-0.1, -0.05) is 163 Å². The molecule has 2 aromatic rings. The zero-order valence-corrected chi connectivity index (χ0v) is 34.8. The van der Waals surface area contributed by atoms with Crippen molar-refractivity contribution in [3.05, 3.63) is 95.1 Å². The molecule has 8 heteroatoms. The lowest BCUT2D eigenvalue weighted by atomic mass is 9.73. The van der Waals surface area contributed by atoms with Crippen molar-refractivity contribution in [3.63, 3.8) is 0 Å². The largest absolute Gasteiger partial charge is 0.300 e. The first kappa shape index (κ1) is 41.7. The molecule has 1 unspecified atom stereocenters. The number of ketones is 3. The zero-order valence-electron chi connectivity index (χ0n) is 30.1. The van der Waals surface area contributed by atoms with E-state index in [2.05, 4.69) is 161 Å². The fraction of sp³-hybridized carbons (Fsp3) is 0.537. The van der Waals surface area contributed by atoms with Crippen molar-refractivity contribution in [1.29, 1.82) is 0 Å². The number of Topliss-reactive ketones (excluding diaryl/α,β-unsaturated/α-hetero) is 3. The van der Waals surface area contributed by atoms with Gasteiger partial charge in [0.1, 0.15) is 14.8 Å². The van der Waals surface area contributed by atoms with Crippen molar-refractivity contribution in [1.82, 2.24) is 10.6 Å². The SMILES string of the molecule is CC(C)(C)C1=CC(Br)(Br)C=C(C(C)(C)C)C1=O.O=C1CCCCC1.O=C1CCCCC1Br.c1ccc([C@H]2NCN[C@@H]2c2ccccc2)cc1. The molecule has 5 nitrogen and oxygen atoms in total. The molecule has 2 saturated carbocycles. The minimum absolute atomic E-state index is 0.144. The van der Waals surface area contributed by atoms with E-state index in [0.29, 0.717) is 23.7 Å². The maximum absolute atomic E-state index is 12.5. The normalized spacial score (nSPS) is 23.8. The Kier molecular flexibility index (Phi) is 16.4. The van der Waals surface area contributed by atoms with Crippen LogP contribution in [0.5, 0.6) is 0 Å². The average molecular weight is 864 g/mol. The van der Waals surface area contributed by atoms with E-state index in [4.69, 9.17) is 0 Å². The van der Waals surface area contributed by atoms with E-state index in [9.17, 15) is 14.4 Å².